The van der Waals surface area contributed by atoms with Gasteiger partial charge in [0.05, 0.1) is 4.92 Å². The standard InChI is InChI=1S/C18H12ClN5O2S2/c19-14-1-3-15(4-2-14)23-17(13-5-7-20-8-6-13)21-22-18(23)28-11-12-9-16(24(25)26)27-10-12/h1-10H,11H2. The van der Waals surface area contributed by atoms with Gasteiger partial charge in [0.2, 0.25) is 0 Å². The predicted molar refractivity (Wildman–Crippen MR) is 110 cm³/mol. The monoisotopic (exact) mass is 429 g/mol. The summed E-state index contributed by atoms with van der Waals surface area (Å²) in [6.45, 7) is 0. The van der Waals surface area contributed by atoms with Crippen molar-refractivity contribution >= 4 is 39.7 Å². The molecular weight excluding hydrogens is 418 g/mol. The first-order valence-corrected chi connectivity index (χ1v) is 10.3. The molecule has 0 N–H and O–H groups in total. The van der Waals surface area contributed by atoms with Crippen molar-refractivity contribution in [3.8, 4) is 17.1 Å². The number of hydrogen-bond acceptors (Lipinski definition) is 7. The minimum atomic E-state index is -0.378. The van der Waals surface area contributed by atoms with Crippen LogP contribution < -0.4 is 0 Å². The molecule has 28 heavy (non-hydrogen) atoms. The molecule has 0 saturated heterocycles. The summed E-state index contributed by atoms with van der Waals surface area (Å²) in [7, 11) is 0. The number of halogens is 1. The van der Waals surface area contributed by atoms with Gasteiger partial charge >= 0.3 is 5.00 Å². The van der Waals surface area contributed by atoms with Crippen molar-refractivity contribution in [2.75, 3.05) is 0 Å². The lowest BCUT2D eigenvalue weighted by atomic mass is 10.2. The van der Waals surface area contributed by atoms with Crippen molar-refractivity contribution < 1.29 is 4.92 Å². The summed E-state index contributed by atoms with van der Waals surface area (Å²) in [5.41, 5.74) is 2.63. The second kappa shape index (κ2) is 8.09. The number of hydrogen-bond donors (Lipinski definition) is 0. The lowest BCUT2D eigenvalue weighted by Gasteiger charge is -2.10. The molecule has 4 aromatic rings. The smallest absolute Gasteiger partial charge is 0.270 e. The van der Waals surface area contributed by atoms with Gasteiger partial charge in [-0.3, -0.25) is 19.7 Å². The van der Waals surface area contributed by atoms with Crippen molar-refractivity contribution in [2.45, 2.75) is 10.9 Å². The molecule has 0 saturated carbocycles. The topological polar surface area (TPSA) is 86.7 Å². The highest BCUT2D eigenvalue weighted by molar-refractivity contribution is 7.98. The van der Waals surface area contributed by atoms with E-state index in [9.17, 15) is 10.1 Å². The SMILES string of the molecule is O=[N+]([O-])c1cc(CSc2nnc(-c3ccncc3)n2-c2ccc(Cl)cc2)cs1. The summed E-state index contributed by atoms with van der Waals surface area (Å²) in [4.78, 5) is 14.6. The van der Waals surface area contributed by atoms with Gasteiger partial charge in [-0.15, -0.1) is 10.2 Å². The van der Waals surface area contributed by atoms with Crippen LogP contribution in [0.5, 0.6) is 0 Å². The van der Waals surface area contributed by atoms with E-state index < -0.39 is 0 Å². The number of nitrogens with zero attached hydrogens (tertiary/aromatic N) is 5. The second-order valence-electron chi connectivity index (χ2n) is 5.69. The molecule has 10 heteroatoms. The number of rotatable bonds is 6. The minimum Gasteiger partial charge on any atom is -0.270 e. The Kier molecular flexibility index (Phi) is 5.38. The van der Waals surface area contributed by atoms with E-state index in [0.29, 0.717) is 21.8 Å². The molecule has 0 radical (unpaired) electrons. The molecule has 0 amide bonds. The maximum atomic E-state index is 10.9. The number of thioether (sulfide) groups is 1. The maximum absolute atomic E-state index is 10.9. The van der Waals surface area contributed by atoms with Crippen LogP contribution in [0.15, 0.2) is 65.4 Å². The zero-order valence-corrected chi connectivity index (χ0v) is 16.6. The highest BCUT2D eigenvalue weighted by atomic mass is 35.5. The highest BCUT2D eigenvalue weighted by Gasteiger charge is 2.17. The Labute approximate surface area is 173 Å². The molecule has 3 aromatic heterocycles. The van der Waals surface area contributed by atoms with E-state index in [0.717, 1.165) is 28.2 Å². The molecule has 0 spiro atoms. The molecule has 7 nitrogen and oxygen atoms in total. The average molecular weight is 430 g/mol. The highest BCUT2D eigenvalue weighted by Crippen LogP contribution is 2.32. The lowest BCUT2D eigenvalue weighted by molar-refractivity contribution is -0.380. The third-order valence-corrected chi connectivity index (χ3v) is 6.03. The summed E-state index contributed by atoms with van der Waals surface area (Å²) in [6, 6.07) is 12.7. The molecule has 0 unspecified atom stereocenters. The molecule has 1 aromatic carbocycles. The average Bonchev–Trinajstić information content (AvgIpc) is 3.35. The second-order valence-corrected chi connectivity index (χ2v) is 7.96. The van der Waals surface area contributed by atoms with Crippen molar-refractivity contribution in [3.63, 3.8) is 0 Å². The fourth-order valence-corrected chi connectivity index (χ4v) is 4.40. The summed E-state index contributed by atoms with van der Waals surface area (Å²) in [5, 5.41) is 22.8. The number of thiophene rings is 1. The predicted octanol–water partition coefficient (Wildman–Crippen LogP) is 5.24. The van der Waals surface area contributed by atoms with Crippen LogP contribution in [0.25, 0.3) is 17.1 Å². The van der Waals surface area contributed by atoms with Crippen LogP contribution in [0.4, 0.5) is 5.00 Å². The first-order valence-electron chi connectivity index (χ1n) is 8.08. The molecule has 3 heterocycles. The zero-order valence-electron chi connectivity index (χ0n) is 14.2. The van der Waals surface area contributed by atoms with Crippen molar-refractivity contribution in [3.05, 3.63) is 80.9 Å². The summed E-state index contributed by atoms with van der Waals surface area (Å²) >= 11 is 8.62. The van der Waals surface area contributed by atoms with Gasteiger partial charge in [0, 0.05) is 45.9 Å². The van der Waals surface area contributed by atoms with Crippen LogP contribution in [-0.4, -0.2) is 24.7 Å². The summed E-state index contributed by atoms with van der Waals surface area (Å²) in [5.74, 6) is 1.23. The zero-order chi connectivity index (χ0) is 19.5. The Balaban J connectivity index is 1.69. The first kappa shape index (κ1) is 18.6. The van der Waals surface area contributed by atoms with Gasteiger partial charge in [-0.2, -0.15) is 0 Å². The molecule has 0 atom stereocenters. The van der Waals surface area contributed by atoms with E-state index in [4.69, 9.17) is 11.6 Å². The maximum Gasteiger partial charge on any atom is 0.324 e. The van der Waals surface area contributed by atoms with E-state index in [1.807, 2.05) is 41.0 Å². The Hall–Kier alpha value is -2.75. The van der Waals surface area contributed by atoms with Gasteiger partial charge in [-0.25, -0.2) is 0 Å². The molecule has 4 rings (SSSR count). The summed E-state index contributed by atoms with van der Waals surface area (Å²) < 4.78 is 1.94. The Morgan fingerprint density at radius 1 is 1.14 bits per heavy atom. The first-order chi connectivity index (χ1) is 13.6. The van der Waals surface area contributed by atoms with Crippen LogP contribution in [0.2, 0.25) is 5.02 Å². The quantitative estimate of drug-likeness (QED) is 0.236. The number of benzene rings is 1. The van der Waals surface area contributed by atoms with Gasteiger partial charge in [0.15, 0.2) is 11.0 Å². The van der Waals surface area contributed by atoms with Gasteiger partial charge < -0.3 is 0 Å². The summed E-state index contributed by atoms with van der Waals surface area (Å²) in [6.07, 6.45) is 3.40. The normalized spacial score (nSPS) is 10.9. The molecule has 140 valence electrons. The van der Waals surface area contributed by atoms with Gasteiger partial charge in [-0.1, -0.05) is 34.7 Å². The van der Waals surface area contributed by atoms with E-state index >= 15 is 0 Å². The molecule has 0 fully saturated rings. The number of aromatic nitrogens is 4. The number of pyridine rings is 1. The molecule has 0 bridgehead atoms. The Morgan fingerprint density at radius 3 is 2.57 bits per heavy atom. The minimum absolute atomic E-state index is 0.132. The molecule has 0 aliphatic carbocycles. The van der Waals surface area contributed by atoms with Crippen molar-refractivity contribution in [1.82, 2.24) is 19.7 Å². The van der Waals surface area contributed by atoms with Crippen molar-refractivity contribution in [2.24, 2.45) is 0 Å². The van der Waals surface area contributed by atoms with Gasteiger partial charge in [0.25, 0.3) is 0 Å². The fraction of sp³-hybridized carbons (Fsp3) is 0.0556. The Bertz CT molecular complexity index is 1110. The van der Waals surface area contributed by atoms with Crippen LogP contribution in [0.1, 0.15) is 5.56 Å². The van der Waals surface area contributed by atoms with Crippen LogP contribution in [-0.2, 0) is 5.75 Å². The van der Waals surface area contributed by atoms with Crippen molar-refractivity contribution in [1.29, 1.82) is 0 Å². The molecule has 0 aliphatic rings. The lowest BCUT2D eigenvalue weighted by Crippen LogP contribution is -1.99. The van der Waals surface area contributed by atoms with E-state index in [2.05, 4.69) is 15.2 Å². The van der Waals surface area contributed by atoms with E-state index in [1.54, 1.807) is 23.8 Å². The third-order valence-electron chi connectivity index (χ3n) is 3.84. The molecular formula is C18H12ClN5O2S2. The van der Waals surface area contributed by atoms with Gasteiger partial charge in [-0.05, 0) is 42.0 Å². The Morgan fingerprint density at radius 2 is 1.89 bits per heavy atom. The van der Waals surface area contributed by atoms with Crippen LogP contribution in [0, 0.1) is 10.1 Å². The largest absolute Gasteiger partial charge is 0.324 e. The van der Waals surface area contributed by atoms with Crippen LogP contribution in [0.3, 0.4) is 0 Å². The third kappa shape index (κ3) is 3.91. The molecule has 0 aliphatic heterocycles. The fourth-order valence-electron chi connectivity index (χ4n) is 2.56. The van der Waals surface area contributed by atoms with E-state index in [1.165, 1.54) is 11.8 Å². The van der Waals surface area contributed by atoms with E-state index in [-0.39, 0.29) is 9.92 Å². The van der Waals surface area contributed by atoms with Gasteiger partial charge in [0.1, 0.15) is 0 Å². The van der Waals surface area contributed by atoms with Crippen LogP contribution >= 0.6 is 34.7 Å². The number of nitro groups is 1.